The maximum absolute atomic E-state index is 2.49. The first kappa shape index (κ1) is 12.1. The molecule has 1 fully saturated rings. The highest BCUT2D eigenvalue weighted by Gasteiger charge is 2.33. The lowest BCUT2D eigenvalue weighted by atomic mass is 9.72. The molecule has 0 amide bonds. The molecule has 1 rings (SSSR count). The number of hydrogen-bond acceptors (Lipinski definition) is 0. The van der Waals surface area contributed by atoms with Gasteiger partial charge in [0.2, 0.25) is 0 Å². The third-order valence-corrected chi connectivity index (χ3v) is 4.87. The molecule has 0 aromatic rings. The van der Waals surface area contributed by atoms with Crippen molar-refractivity contribution < 1.29 is 0 Å². The van der Waals surface area contributed by atoms with Crippen LogP contribution in [0.25, 0.3) is 0 Å². The van der Waals surface area contributed by atoms with E-state index < -0.39 is 0 Å². The second kappa shape index (κ2) is 5.19. The van der Waals surface area contributed by atoms with Gasteiger partial charge in [-0.25, -0.2) is 0 Å². The van der Waals surface area contributed by atoms with Crippen molar-refractivity contribution in [2.75, 3.05) is 0 Å². The zero-order valence-electron chi connectivity index (χ0n) is 10.6. The summed E-state index contributed by atoms with van der Waals surface area (Å²) in [5.41, 5.74) is 0.698. The molecule has 0 heterocycles. The van der Waals surface area contributed by atoms with Crippen LogP contribution in [0.4, 0.5) is 0 Å². The van der Waals surface area contributed by atoms with Gasteiger partial charge >= 0.3 is 0 Å². The SMILES string of the molecule is CCC1CCCC(CC)(CC)CC1C. The third-order valence-electron chi connectivity index (χ3n) is 4.87. The van der Waals surface area contributed by atoms with Crippen LogP contribution in [-0.4, -0.2) is 0 Å². The Kier molecular flexibility index (Phi) is 4.47. The van der Waals surface area contributed by atoms with Crippen LogP contribution in [-0.2, 0) is 0 Å². The normalized spacial score (nSPS) is 32.6. The van der Waals surface area contributed by atoms with Crippen LogP contribution >= 0.6 is 0 Å². The summed E-state index contributed by atoms with van der Waals surface area (Å²) < 4.78 is 0. The summed E-state index contributed by atoms with van der Waals surface area (Å²) >= 11 is 0. The molecule has 2 unspecified atom stereocenters. The van der Waals surface area contributed by atoms with Gasteiger partial charge in [-0.1, -0.05) is 59.8 Å². The van der Waals surface area contributed by atoms with Crippen LogP contribution in [0.5, 0.6) is 0 Å². The van der Waals surface area contributed by atoms with Crippen molar-refractivity contribution in [2.24, 2.45) is 17.3 Å². The summed E-state index contributed by atoms with van der Waals surface area (Å²) in [4.78, 5) is 0. The van der Waals surface area contributed by atoms with Gasteiger partial charge in [0.1, 0.15) is 0 Å². The number of hydrogen-bond donors (Lipinski definition) is 0. The average Bonchev–Trinajstić information content (AvgIpc) is 2.37. The highest BCUT2D eigenvalue weighted by Crippen LogP contribution is 2.45. The van der Waals surface area contributed by atoms with Crippen molar-refractivity contribution in [3.63, 3.8) is 0 Å². The van der Waals surface area contributed by atoms with Gasteiger partial charge in [0.25, 0.3) is 0 Å². The number of rotatable bonds is 3. The molecule has 0 radical (unpaired) electrons. The molecular weight excluding hydrogens is 168 g/mol. The molecule has 0 N–H and O–H groups in total. The fraction of sp³-hybridized carbons (Fsp3) is 1.00. The molecule has 0 aromatic carbocycles. The van der Waals surface area contributed by atoms with E-state index in [4.69, 9.17) is 0 Å². The van der Waals surface area contributed by atoms with Crippen LogP contribution in [0.3, 0.4) is 0 Å². The first-order valence-corrected chi connectivity index (χ1v) is 6.67. The van der Waals surface area contributed by atoms with Crippen molar-refractivity contribution >= 4 is 0 Å². The molecule has 1 aliphatic rings. The maximum Gasteiger partial charge on any atom is -0.0300 e. The van der Waals surface area contributed by atoms with Gasteiger partial charge < -0.3 is 0 Å². The van der Waals surface area contributed by atoms with Crippen molar-refractivity contribution in [1.29, 1.82) is 0 Å². The molecule has 1 saturated carbocycles. The lowest BCUT2D eigenvalue weighted by Crippen LogP contribution is -2.21. The minimum atomic E-state index is 0.698. The molecule has 0 aliphatic heterocycles. The molecule has 0 heteroatoms. The summed E-state index contributed by atoms with van der Waals surface area (Å²) in [6.07, 6.45) is 10.1. The predicted octanol–water partition coefficient (Wildman–Crippen LogP) is 5.03. The molecule has 0 aromatic heterocycles. The monoisotopic (exact) mass is 196 g/mol. The van der Waals surface area contributed by atoms with E-state index >= 15 is 0 Å². The van der Waals surface area contributed by atoms with Gasteiger partial charge in [-0.3, -0.25) is 0 Å². The largest absolute Gasteiger partial charge is 0.0651 e. The van der Waals surface area contributed by atoms with Crippen LogP contribution in [0.1, 0.15) is 72.6 Å². The Hall–Kier alpha value is 0. The lowest BCUT2D eigenvalue weighted by molar-refractivity contribution is 0.182. The van der Waals surface area contributed by atoms with Crippen molar-refractivity contribution in [1.82, 2.24) is 0 Å². The molecule has 1 aliphatic carbocycles. The molecule has 0 nitrogen and oxygen atoms in total. The van der Waals surface area contributed by atoms with E-state index in [0.717, 1.165) is 11.8 Å². The van der Waals surface area contributed by atoms with Crippen LogP contribution < -0.4 is 0 Å². The molecule has 0 bridgehead atoms. The van der Waals surface area contributed by atoms with Crippen molar-refractivity contribution in [2.45, 2.75) is 72.6 Å². The van der Waals surface area contributed by atoms with E-state index in [1.165, 1.54) is 44.9 Å². The second-order valence-corrected chi connectivity index (χ2v) is 5.45. The van der Waals surface area contributed by atoms with Crippen LogP contribution in [0, 0.1) is 17.3 Å². The Morgan fingerprint density at radius 2 is 1.79 bits per heavy atom. The zero-order valence-corrected chi connectivity index (χ0v) is 10.6. The lowest BCUT2D eigenvalue weighted by Gasteiger charge is -2.33. The van der Waals surface area contributed by atoms with E-state index in [1.54, 1.807) is 0 Å². The van der Waals surface area contributed by atoms with Gasteiger partial charge in [0.05, 0.1) is 0 Å². The van der Waals surface area contributed by atoms with E-state index in [0.29, 0.717) is 5.41 Å². The summed E-state index contributed by atoms with van der Waals surface area (Å²) in [6.45, 7) is 9.64. The van der Waals surface area contributed by atoms with Crippen LogP contribution in [0.15, 0.2) is 0 Å². The van der Waals surface area contributed by atoms with E-state index in [1.807, 2.05) is 0 Å². The maximum atomic E-state index is 2.49. The summed E-state index contributed by atoms with van der Waals surface area (Å²) in [6, 6.07) is 0. The van der Waals surface area contributed by atoms with E-state index in [2.05, 4.69) is 27.7 Å². The molecule has 0 spiro atoms. The zero-order chi connectivity index (χ0) is 10.6. The fourth-order valence-electron chi connectivity index (χ4n) is 3.47. The van der Waals surface area contributed by atoms with Gasteiger partial charge in [0, 0.05) is 0 Å². The average molecular weight is 196 g/mol. The van der Waals surface area contributed by atoms with Crippen molar-refractivity contribution in [3.8, 4) is 0 Å². The standard InChI is InChI=1S/C14H28/c1-5-13-9-8-10-14(6-2,7-3)11-12(13)4/h12-13H,5-11H2,1-4H3. The topological polar surface area (TPSA) is 0 Å². The minimum absolute atomic E-state index is 0.698. The minimum Gasteiger partial charge on any atom is -0.0651 e. The van der Waals surface area contributed by atoms with Crippen LogP contribution in [0.2, 0.25) is 0 Å². The summed E-state index contributed by atoms with van der Waals surface area (Å²) in [5, 5.41) is 0. The Balaban J connectivity index is 2.66. The highest BCUT2D eigenvalue weighted by atomic mass is 14.4. The van der Waals surface area contributed by atoms with Crippen molar-refractivity contribution in [3.05, 3.63) is 0 Å². The van der Waals surface area contributed by atoms with Gasteiger partial charge in [-0.2, -0.15) is 0 Å². The Labute approximate surface area is 90.5 Å². The summed E-state index contributed by atoms with van der Waals surface area (Å²) in [7, 11) is 0. The summed E-state index contributed by atoms with van der Waals surface area (Å²) in [5.74, 6) is 1.97. The molecular formula is C14H28. The highest BCUT2D eigenvalue weighted by molar-refractivity contribution is 4.84. The fourth-order valence-corrected chi connectivity index (χ4v) is 3.47. The second-order valence-electron chi connectivity index (χ2n) is 5.45. The molecule has 2 atom stereocenters. The Morgan fingerprint density at radius 3 is 2.29 bits per heavy atom. The van der Waals surface area contributed by atoms with E-state index in [9.17, 15) is 0 Å². The molecule has 84 valence electrons. The van der Waals surface area contributed by atoms with E-state index in [-0.39, 0.29) is 0 Å². The molecule has 14 heavy (non-hydrogen) atoms. The van der Waals surface area contributed by atoms with Gasteiger partial charge in [-0.05, 0) is 30.1 Å². The smallest absolute Gasteiger partial charge is 0.0300 e. The Bertz CT molecular complexity index is 155. The Morgan fingerprint density at radius 1 is 1.14 bits per heavy atom. The quantitative estimate of drug-likeness (QED) is 0.555. The van der Waals surface area contributed by atoms with Gasteiger partial charge in [0.15, 0.2) is 0 Å². The third kappa shape index (κ3) is 2.52. The first-order valence-electron chi connectivity index (χ1n) is 6.67. The predicted molar refractivity (Wildman–Crippen MR) is 64.4 cm³/mol. The van der Waals surface area contributed by atoms with Gasteiger partial charge in [-0.15, -0.1) is 0 Å². The first-order chi connectivity index (χ1) is 6.67. The molecule has 0 saturated heterocycles.